The van der Waals surface area contributed by atoms with Gasteiger partial charge in [0, 0.05) is 11.8 Å². The number of amides is 1. The van der Waals surface area contributed by atoms with Crippen molar-refractivity contribution in [3.05, 3.63) is 34.4 Å². The highest BCUT2D eigenvalue weighted by Gasteiger charge is 2.43. The van der Waals surface area contributed by atoms with Gasteiger partial charge in [-0.1, -0.05) is 13.8 Å². The smallest absolute Gasteiger partial charge is 0.335 e. The van der Waals surface area contributed by atoms with Crippen LogP contribution in [0.2, 0.25) is 0 Å². The number of hydrogen-bond acceptors (Lipinski definition) is 5. The summed E-state index contributed by atoms with van der Waals surface area (Å²) in [6.07, 6.45) is 1.07. The monoisotopic (exact) mass is 297 g/mol. The van der Waals surface area contributed by atoms with Crippen molar-refractivity contribution in [2.24, 2.45) is 5.92 Å². The van der Waals surface area contributed by atoms with E-state index in [0.717, 1.165) is 12.3 Å². The summed E-state index contributed by atoms with van der Waals surface area (Å²) in [6.45, 7) is 3.88. The summed E-state index contributed by atoms with van der Waals surface area (Å²) in [7, 11) is 0. The maximum Gasteiger partial charge on any atom is 0.335 e. The van der Waals surface area contributed by atoms with Crippen molar-refractivity contribution in [2.75, 3.05) is 5.75 Å². The van der Waals surface area contributed by atoms with E-state index >= 15 is 0 Å². The average molecular weight is 297 g/mol. The molecule has 0 radical (unpaired) electrons. The standard InChI is InChI=1S/C13H15NO5S/c1-7(2)12-14(9(6-20-12)13(17)18)11(16)8-3-4-10(15)19-5-8/h3-5,7,9,12H,6H2,1-2H3,(H,17,18). The van der Waals surface area contributed by atoms with Gasteiger partial charge in [-0.2, -0.15) is 0 Å². The predicted molar refractivity (Wildman–Crippen MR) is 73.7 cm³/mol. The Morgan fingerprint density at radius 1 is 1.45 bits per heavy atom. The topological polar surface area (TPSA) is 87.8 Å². The number of nitrogens with zero attached hydrogens (tertiary/aromatic N) is 1. The SMILES string of the molecule is CC(C)C1SCC(C(=O)O)N1C(=O)c1ccc(=O)oc1. The molecular formula is C13H15NO5S. The van der Waals surface area contributed by atoms with Gasteiger partial charge in [-0.3, -0.25) is 4.79 Å². The highest BCUT2D eigenvalue weighted by atomic mass is 32.2. The van der Waals surface area contributed by atoms with Gasteiger partial charge in [0.25, 0.3) is 5.91 Å². The molecule has 1 aromatic heterocycles. The summed E-state index contributed by atoms with van der Waals surface area (Å²) in [4.78, 5) is 36.1. The second-order valence-corrected chi connectivity index (χ2v) is 6.03. The molecular weight excluding hydrogens is 282 g/mol. The minimum Gasteiger partial charge on any atom is -0.480 e. The summed E-state index contributed by atoms with van der Waals surface area (Å²) in [5.41, 5.74) is -0.364. The molecule has 0 saturated carbocycles. The van der Waals surface area contributed by atoms with Crippen LogP contribution in [0.3, 0.4) is 0 Å². The molecule has 7 heteroatoms. The number of rotatable bonds is 3. The van der Waals surface area contributed by atoms with Gasteiger partial charge in [0.15, 0.2) is 0 Å². The Bertz CT molecular complexity index is 562. The molecule has 2 unspecified atom stereocenters. The first-order chi connectivity index (χ1) is 9.41. The first-order valence-corrected chi connectivity index (χ1v) is 7.22. The lowest BCUT2D eigenvalue weighted by Gasteiger charge is -2.29. The maximum atomic E-state index is 12.5. The third-order valence-electron chi connectivity index (χ3n) is 3.07. The molecule has 1 N–H and O–H groups in total. The summed E-state index contributed by atoms with van der Waals surface area (Å²) in [6, 6.07) is 1.65. The maximum absolute atomic E-state index is 12.5. The minimum atomic E-state index is -1.02. The quantitative estimate of drug-likeness (QED) is 0.903. The van der Waals surface area contributed by atoms with Crippen LogP contribution < -0.4 is 5.63 Å². The lowest BCUT2D eigenvalue weighted by molar-refractivity contribution is -0.141. The summed E-state index contributed by atoms with van der Waals surface area (Å²) >= 11 is 1.45. The fourth-order valence-electron chi connectivity index (χ4n) is 2.12. The first kappa shape index (κ1) is 14.6. The summed E-state index contributed by atoms with van der Waals surface area (Å²) in [5.74, 6) is -0.957. The van der Waals surface area contributed by atoms with E-state index in [4.69, 9.17) is 0 Å². The molecule has 0 aliphatic carbocycles. The van der Waals surface area contributed by atoms with Crippen LogP contribution in [-0.2, 0) is 4.79 Å². The summed E-state index contributed by atoms with van der Waals surface area (Å²) in [5, 5.41) is 9.04. The van der Waals surface area contributed by atoms with Crippen molar-refractivity contribution in [2.45, 2.75) is 25.3 Å². The second kappa shape index (κ2) is 5.70. The summed E-state index contributed by atoms with van der Waals surface area (Å²) < 4.78 is 4.67. The molecule has 1 saturated heterocycles. The molecule has 2 rings (SSSR count). The Morgan fingerprint density at radius 2 is 2.15 bits per heavy atom. The van der Waals surface area contributed by atoms with Crippen LogP contribution in [0.4, 0.5) is 0 Å². The van der Waals surface area contributed by atoms with Crippen LogP contribution in [0.1, 0.15) is 24.2 Å². The molecule has 2 atom stereocenters. The number of carboxylic acids is 1. The molecule has 1 amide bonds. The van der Waals surface area contributed by atoms with Crippen LogP contribution >= 0.6 is 11.8 Å². The molecule has 1 aromatic rings. The highest BCUT2D eigenvalue weighted by Crippen LogP contribution is 2.35. The highest BCUT2D eigenvalue weighted by molar-refractivity contribution is 8.00. The lowest BCUT2D eigenvalue weighted by Crippen LogP contribution is -2.47. The molecule has 0 bridgehead atoms. The zero-order chi connectivity index (χ0) is 14.9. The van der Waals surface area contributed by atoms with E-state index in [1.54, 1.807) is 0 Å². The molecule has 0 aromatic carbocycles. The largest absolute Gasteiger partial charge is 0.480 e. The number of hydrogen-bond donors (Lipinski definition) is 1. The fourth-order valence-corrected chi connectivity index (χ4v) is 3.59. The van der Waals surface area contributed by atoms with Crippen LogP contribution in [0.5, 0.6) is 0 Å². The van der Waals surface area contributed by atoms with Gasteiger partial charge >= 0.3 is 11.6 Å². The third kappa shape index (κ3) is 2.72. The van der Waals surface area contributed by atoms with Gasteiger partial charge in [0.05, 0.1) is 10.9 Å². The fraction of sp³-hybridized carbons (Fsp3) is 0.462. The van der Waals surface area contributed by atoms with Crippen molar-refractivity contribution in [3.63, 3.8) is 0 Å². The molecule has 1 fully saturated rings. The third-order valence-corrected chi connectivity index (χ3v) is 4.69. The molecule has 20 heavy (non-hydrogen) atoms. The zero-order valence-electron chi connectivity index (χ0n) is 11.1. The van der Waals surface area contributed by atoms with Crippen LogP contribution in [-0.4, -0.2) is 39.1 Å². The van der Waals surface area contributed by atoms with E-state index in [-0.39, 0.29) is 16.9 Å². The average Bonchev–Trinajstić information content (AvgIpc) is 2.83. The second-order valence-electron chi connectivity index (χ2n) is 4.88. The Morgan fingerprint density at radius 3 is 2.65 bits per heavy atom. The van der Waals surface area contributed by atoms with E-state index in [0.29, 0.717) is 5.75 Å². The van der Waals surface area contributed by atoms with Gasteiger partial charge in [0.1, 0.15) is 12.3 Å². The zero-order valence-corrected chi connectivity index (χ0v) is 11.9. The molecule has 108 valence electrons. The molecule has 0 spiro atoms. The Kier molecular flexibility index (Phi) is 4.17. The molecule has 6 nitrogen and oxygen atoms in total. The van der Waals surface area contributed by atoms with Crippen molar-refractivity contribution in [1.29, 1.82) is 0 Å². The number of aliphatic carboxylic acids is 1. The van der Waals surface area contributed by atoms with Crippen molar-refractivity contribution < 1.29 is 19.1 Å². The van der Waals surface area contributed by atoms with Gasteiger partial charge in [-0.15, -0.1) is 11.8 Å². The lowest BCUT2D eigenvalue weighted by atomic mass is 10.1. The van der Waals surface area contributed by atoms with E-state index < -0.39 is 23.5 Å². The van der Waals surface area contributed by atoms with Crippen molar-refractivity contribution in [1.82, 2.24) is 4.90 Å². The Balaban J connectivity index is 2.34. The number of carbonyl (C=O) groups excluding carboxylic acids is 1. The van der Waals surface area contributed by atoms with Crippen molar-refractivity contribution in [3.8, 4) is 0 Å². The van der Waals surface area contributed by atoms with Crippen LogP contribution in [0, 0.1) is 5.92 Å². The number of carboxylic acid groups (broad SMARTS) is 1. The molecule has 2 heterocycles. The van der Waals surface area contributed by atoms with Crippen LogP contribution in [0.15, 0.2) is 27.6 Å². The van der Waals surface area contributed by atoms with E-state index in [1.807, 2.05) is 13.8 Å². The van der Waals surface area contributed by atoms with Gasteiger partial charge in [-0.05, 0) is 12.0 Å². The van der Waals surface area contributed by atoms with Gasteiger partial charge in [0.2, 0.25) is 0 Å². The first-order valence-electron chi connectivity index (χ1n) is 6.17. The number of carbonyl (C=O) groups is 2. The van der Waals surface area contributed by atoms with E-state index in [9.17, 15) is 19.5 Å². The van der Waals surface area contributed by atoms with Gasteiger partial charge < -0.3 is 14.4 Å². The van der Waals surface area contributed by atoms with Crippen LogP contribution in [0.25, 0.3) is 0 Å². The molecule has 1 aliphatic heterocycles. The normalized spacial score (nSPS) is 22.2. The van der Waals surface area contributed by atoms with Crippen molar-refractivity contribution >= 4 is 23.6 Å². The Labute approximate surface area is 119 Å². The van der Waals surface area contributed by atoms with E-state index in [2.05, 4.69) is 4.42 Å². The predicted octanol–water partition coefficient (Wildman–Crippen LogP) is 1.26. The Hall–Kier alpha value is -1.76. The van der Waals surface area contributed by atoms with Gasteiger partial charge in [-0.25, -0.2) is 9.59 Å². The minimum absolute atomic E-state index is 0.129. The number of thioether (sulfide) groups is 1. The van der Waals surface area contributed by atoms with E-state index in [1.165, 1.54) is 22.7 Å². The molecule has 1 aliphatic rings.